The van der Waals surface area contributed by atoms with E-state index in [1.54, 1.807) is 0 Å². The van der Waals surface area contributed by atoms with E-state index in [4.69, 9.17) is 4.42 Å². The Balaban J connectivity index is 1.14. The van der Waals surface area contributed by atoms with Crippen LogP contribution in [0.4, 0.5) is 17.1 Å². The number of nitrogens with zero attached hydrogens (tertiary/aromatic N) is 1. The monoisotopic (exact) mass is 637 g/mol. The highest BCUT2D eigenvalue weighted by molar-refractivity contribution is 6.16. The van der Waals surface area contributed by atoms with Crippen molar-refractivity contribution in [2.75, 3.05) is 4.90 Å². The minimum Gasteiger partial charge on any atom is -0.456 e. The van der Waals surface area contributed by atoms with Gasteiger partial charge in [0.2, 0.25) is 0 Å². The second-order valence-electron chi connectivity index (χ2n) is 13.0. The van der Waals surface area contributed by atoms with Gasteiger partial charge in [0.15, 0.2) is 0 Å². The lowest BCUT2D eigenvalue weighted by Crippen LogP contribution is -2.10. The van der Waals surface area contributed by atoms with Crippen molar-refractivity contribution >= 4 is 71.3 Å². The summed E-state index contributed by atoms with van der Waals surface area (Å²) in [7, 11) is 0. The van der Waals surface area contributed by atoms with Gasteiger partial charge in [-0.1, -0.05) is 133 Å². The Labute approximate surface area is 290 Å². The van der Waals surface area contributed by atoms with Crippen molar-refractivity contribution in [3.05, 3.63) is 188 Å². The predicted octanol–water partition coefficient (Wildman–Crippen LogP) is 13.8. The van der Waals surface area contributed by atoms with E-state index in [2.05, 4.69) is 181 Å². The average molecular weight is 638 g/mol. The van der Waals surface area contributed by atoms with Gasteiger partial charge in [-0.05, 0) is 109 Å². The Morgan fingerprint density at radius 2 is 0.960 bits per heavy atom. The van der Waals surface area contributed by atoms with Gasteiger partial charge >= 0.3 is 0 Å². The van der Waals surface area contributed by atoms with Gasteiger partial charge in [-0.25, -0.2) is 0 Å². The van der Waals surface area contributed by atoms with E-state index in [0.29, 0.717) is 0 Å². The fraction of sp³-hybridized carbons (Fsp3) is 0. The molecule has 0 aliphatic rings. The molecular formula is C48H31NO. The molecule has 234 valence electrons. The second kappa shape index (κ2) is 11.5. The van der Waals surface area contributed by atoms with Crippen molar-refractivity contribution in [1.29, 1.82) is 0 Å². The SMILES string of the molecule is c1ccc(-c2ccc(N(c3cccc(-c4cccc5ccccc45)c3)c3ccc4c(ccc5cc6oc7ccccc7c6cc54)c3)cc2)cc1. The van der Waals surface area contributed by atoms with E-state index in [-0.39, 0.29) is 0 Å². The number of hydrogen-bond acceptors (Lipinski definition) is 2. The Morgan fingerprint density at radius 1 is 0.300 bits per heavy atom. The summed E-state index contributed by atoms with van der Waals surface area (Å²) in [4.78, 5) is 2.37. The molecule has 1 heterocycles. The molecule has 0 aliphatic carbocycles. The fourth-order valence-electron chi connectivity index (χ4n) is 7.58. The zero-order valence-corrected chi connectivity index (χ0v) is 27.3. The first kappa shape index (κ1) is 28.4. The first-order chi connectivity index (χ1) is 24.8. The van der Waals surface area contributed by atoms with Crippen molar-refractivity contribution in [2.24, 2.45) is 0 Å². The molecule has 10 aromatic rings. The zero-order valence-electron chi connectivity index (χ0n) is 27.3. The highest BCUT2D eigenvalue weighted by Gasteiger charge is 2.16. The molecule has 2 nitrogen and oxygen atoms in total. The molecule has 0 atom stereocenters. The highest BCUT2D eigenvalue weighted by Crippen LogP contribution is 2.41. The van der Waals surface area contributed by atoms with Gasteiger partial charge in [0.25, 0.3) is 0 Å². The largest absolute Gasteiger partial charge is 0.456 e. The highest BCUT2D eigenvalue weighted by atomic mass is 16.3. The molecule has 0 fully saturated rings. The summed E-state index contributed by atoms with van der Waals surface area (Å²) in [5, 5.41) is 9.61. The maximum absolute atomic E-state index is 6.22. The number of para-hydroxylation sites is 1. The van der Waals surface area contributed by atoms with Crippen molar-refractivity contribution in [1.82, 2.24) is 0 Å². The summed E-state index contributed by atoms with van der Waals surface area (Å²) in [5.74, 6) is 0. The van der Waals surface area contributed by atoms with Crippen LogP contribution in [0.3, 0.4) is 0 Å². The average Bonchev–Trinajstić information content (AvgIpc) is 3.55. The Hall–Kier alpha value is -6.64. The van der Waals surface area contributed by atoms with Crippen molar-refractivity contribution in [3.63, 3.8) is 0 Å². The number of anilines is 3. The lowest BCUT2D eigenvalue weighted by molar-refractivity contribution is 0.669. The smallest absolute Gasteiger partial charge is 0.136 e. The van der Waals surface area contributed by atoms with Crippen molar-refractivity contribution in [3.8, 4) is 22.3 Å². The fourth-order valence-corrected chi connectivity index (χ4v) is 7.58. The molecule has 0 saturated heterocycles. The minimum atomic E-state index is 0.920. The first-order valence-corrected chi connectivity index (χ1v) is 17.1. The normalized spacial score (nSPS) is 11.6. The first-order valence-electron chi connectivity index (χ1n) is 17.1. The van der Waals surface area contributed by atoms with E-state index in [1.165, 1.54) is 54.6 Å². The molecule has 0 unspecified atom stereocenters. The summed E-state index contributed by atoms with van der Waals surface area (Å²) in [5.41, 5.74) is 9.98. The third kappa shape index (κ3) is 4.73. The predicted molar refractivity (Wildman–Crippen MR) is 212 cm³/mol. The second-order valence-corrected chi connectivity index (χ2v) is 13.0. The minimum absolute atomic E-state index is 0.920. The molecule has 0 radical (unpaired) electrons. The van der Waals surface area contributed by atoms with Crippen LogP contribution in [0, 0.1) is 0 Å². The molecule has 0 amide bonds. The Kier molecular flexibility index (Phi) is 6.53. The topological polar surface area (TPSA) is 16.4 Å². The number of hydrogen-bond donors (Lipinski definition) is 0. The molecule has 0 spiro atoms. The van der Waals surface area contributed by atoms with Crippen molar-refractivity contribution < 1.29 is 4.42 Å². The third-order valence-corrected chi connectivity index (χ3v) is 10.0. The van der Waals surface area contributed by atoms with Crippen LogP contribution in [0.2, 0.25) is 0 Å². The molecular weight excluding hydrogens is 607 g/mol. The molecule has 50 heavy (non-hydrogen) atoms. The van der Waals surface area contributed by atoms with E-state index in [1.807, 2.05) is 12.1 Å². The summed E-state index contributed by atoms with van der Waals surface area (Å²) in [6.07, 6.45) is 0. The van der Waals surface area contributed by atoms with Crippen LogP contribution in [0.25, 0.3) is 76.5 Å². The maximum Gasteiger partial charge on any atom is 0.136 e. The van der Waals surface area contributed by atoms with E-state index in [0.717, 1.165) is 39.0 Å². The van der Waals surface area contributed by atoms with Crippen LogP contribution in [-0.2, 0) is 0 Å². The molecule has 0 N–H and O–H groups in total. The summed E-state index contributed by atoms with van der Waals surface area (Å²) in [6.45, 7) is 0. The van der Waals surface area contributed by atoms with Crippen LogP contribution in [-0.4, -0.2) is 0 Å². The summed E-state index contributed by atoms with van der Waals surface area (Å²) in [6, 6.07) is 67.7. The van der Waals surface area contributed by atoms with Gasteiger partial charge in [0.05, 0.1) is 0 Å². The Bertz CT molecular complexity index is 2860. The Morgan fingerprint density at radius 3 is 1.84 bits per heavy atom. The van der Waals surface area contributed by atoms with Crippen LogP contribution < -0.4 is 4.90 Å². The van der Waals surface area contributed by atoms with Crippen molar-refractivity contribution in [2.45, 2.75) is 0 Å². The maximum atomic E-state index is 6.22. The molecule has 9 aromatic carbocycles. The molecule has 0 bridgehead atoms. The van der Waals surface area contributed by atoms with Crippen LogP contribution in [0.15, 0.2) is 192 Å². The van der Waals surface area contributed by atoms with Gasteiger partial charge in [0.1, 0.15) is 11.2 Å². The summed E-state index contributed by atoms with van der Waals surface area (Å²) < 4.78 is 6.22. The number of rotatable bonds is 5. The third-order valence-electron chi connectivity index (χ3n) is 10.0. The molecule has 10 rings (SSSR count). The van der Waals surface area contributed by atoms with Crippen LogP contribution in [0.5, 0.6) is 0 Å². The molecule has 1 aromatic heterocycles. The summed E-state index contributed by atoms with van der Waals surface area (Å²) >= 11 is 0. The molecule has 0 saturated carbocycles. The lowest BCUT2D eigenvalue weighted by Gasteiger charge is -2.27. The number of fused-ring (bicyclic) bond motifs is 7. The van der Waals surface area contributed by atoms with E-state index in [9.17, 15) is 0 Å². The van der Waals surface area contributed by atoms with Gasteiger partial charge in [-0.2, -0.15) is 0 Å². The lowest BCUT2D eigenvalue weighted by atomic mass is 9.97. The van der Waals surface area contributed by atoms with Gasteiger partial charge < -0.3 is 9.32 Å². The number of furan rings is 1. The quantitative estimate of drug-likeness (QED) is 0.175. The standard InChI is InChI=1S/C48H31NO/c1-2-10-32(11-3-1)33-22-24-38(25-23-33)49(39-15-8-14-35(28-39)42-18-9-13-34-12-4-5-16-41(34)42)40-26-27-43-36(29-40)20-21-37-30-48-46(31-45(37)43)44-17-6-7-19-47(44)50-48/h1-31H. The van der Waals surface area contributed by atoms with Gasteiger partial charge in [-0.3, -0.25) is 0 Å². The zero-order chi connectivity index (χ0) is 33.0. The number of benzene rings is 9. The molecule has 0 aliphatic heterocycles. The van der Waals surface area contributed by atoms with Gasteiger partial charge in [0, 0.05) is 27.8 Å². The van der Waals surface area contributed by atoms with E-state index < -0.39 is 0 Å². The van der Waals surface area contributed by atoms with Gasteiger partial charge in [-0.15, -0.1) is 0 Å². The van der Waals surface area contributed by atoms with Crippen LogP contribution >= 0.6 is 0 Å². The van der Waals surface area contributed by atoms with Crippen LogP contribution in [0.1, 0.15) is 0 Å². The molecule has 2 heteroatoms. The van der Waals surface area contributed by atoms with E-state index >= 15 is 0 Å².